The molecule has 0 aromatic heterocycles. The Hall–Kier alpha value is -2.10. The summed E-state index contributed by atoms with van der Waals surface area (Å²) in [6, 6.07) is 6.05. The molecule has 0 spiro atoms. The van der Waals surface area contributed by atoms with Gasteiger partial charge in [0.05, 0.1) is 7.11 Å². The maximum atomic E-state index is 12.7. The summed E-state index contributed by atoms with van der Waals surface area (Å²) in [7, 11) is 1.68. The molecular formula is C21H26O4. The average Bonchev–Trinajstić information content (AvgIpc) is 2.53. The van der Waals surface area contributed by atoms with E-state index in [4.69, 9.17) is 9.47 Å². The van der Waals surface area contributed by atoms with Gasteiger partial charge in [-0.1, -0.05) is 19.1 Å². The predicted octanol–water partition coefficient (Wildman–Crippen LogP) is 3.90. The van der Waals surface area contributed by atoms with Crippen molar-refractivity contribution < 1.29 is 19.1 Å². The third-order valence-electron chi connectivity index (χ3n) is 5.27. The van der Waals surface area contributed by atoms with Crippen LogP contribution in [-0.4, -0.2) is 24.5 Å². The Balaban J connectivity index is 2.14. The van der Waals surface area contributed by atoms with Gasteiger partial charge < -0.3 is 9.47 Å². The summed E-state index contributed by atoms with van der Waals surface area (Å²) < 4.78 is 11.1. The molecule has 0 saturated carbocycles. The number of methoxy groups -OCH3 is 1. The van der Waals surface area contributed by atoms with E-state index in [-0.39, 0.29) is 16.8 Å². The van der Waals surface area contributed by atoms with Crippen LogP contribution in [0.25, 0.3) is 0 Å². The second-order valence-electron chi connectivity index (χ2n) is 8.10. The summed E-state index contributed by atoms with van der Waals surface area (Å²) >= 11 is 0. The van der Waals surface area contributed by atoms with Crippen molar-refractivity contribution in [2.75, 3.05) is 7.11 Å². The Kier molecular flexibility index (Phi) is 4.26. The van der Waals surface area contributed by atoms with Crippen molar-refractivity contribution in [3.63, 3.8) is 0 Å². The highest BCUT2D eigenvalue weighted by Crippen LogP contribution is 2.50. The molecule has 25 heavy (non-hydrogen) atoms. The van der Waals surface area contributed by atoms with Gasteiger partial charge in [0.25, 0.3) is 0 Å². The minimum absolute atomic E-state index is 0.0897. The van der Waals surface area contributed by atoms with Crippen molar-refractivity contribution in [2.45, 2.75) is 64.4 Å². The standard InChI is InChI=1S/C21H26O4/c1-20(2,3)25-19(23)18-15-10-9-13-14(7-6-8-17(13)24-5)21(15,4)12-11-16(18)22/h6-8H,9-12H2,1-5H3/t21-/m1/s1. The number of carbonyl (C=O) groups is 2. The molecule has 4 heteroatoms. The molecule has 134 valence electrons. The third kappa shape index (κ3) is 2.99. The molecule has 1 aromatic rings. The largest absolute Gasteiger partial charge is 0.496 e. The zero-order valence-corrected chi connectivity index (χ0v) is 15.7. The Morgan fingerprint density at radius 1 is 1.16 bits per heavy atom. The molecule has 0 amide bonds. The number of ether oxygens (including phenoxy) is 2. The number of carbonyl (C=O) groups excluding carboxylic acids is 2. The number of ketones is 1. The van der Waals surface area contributed by atoms with Crippen LogP contribution >= 0.6 is 0 Å². The van der Waals surface area contributed by atoms with Crippen LogP contribution in [0, 0.1) is 0 Å². The van der Waals surface area contributed by atoms with Gasteiger partial charge in [-0.3, -0.25) is 4.79 Å². The van der Waals surface area contributed by atoms with E-state index >= 15 is 0 Å². The minimum atomic E-state index is -0.617. The molecule has 0 saturated heterocycles. The van der Waals surface area contributed by atoms with Crippen LogP contribution in [0.15, 0.2) is 29.3 Å². The normalized spacial score (nSPS) is 23.0. The lowest BCUT2D eigenvalue weighted by Gasteiger charge is -2.42. The van der Waals surface area contributed by atoms with Crippen LogP contribution < -0.4 is 4.74 Å². The average molecular weight is 342 g/mol. The van der Waals surface area contributed by atoms with Crippen molar-refractivity contribution in [1.29, 1.82) is 0 Å². The van der Waals surface area contributed by atoms with E-state index in [1.807, 2.05) is 32.9 Å². The molecular weight excluding hydrogens is 316 g/mol. The van der Waals surface area contributed by atoms with Crippen LogP contribution in [0.1, 0.15) is 58.1 Å². The summed E-state index contributed by atoms with van der Waals surface area (Å²) in [5, 5.41) is 0. The van der Waals surface area contributed by atoms with Crippen LogP contribution in [0.3, 0.4) is 0 Å². The van der Waals surface area contributed by atoms with Crippen molar-refractivity contribution >= 4 is 11.8 Å². The van der Waals surface area contributed by atoms with E-state index < -0.39 is 11.6 Å². The number of rotatable bonds is 2. The fourth-order valence-corrected chi connectivity index (χ4v) is 4.13. The van der Waals surface area contributed by atoms with Gasteiger partial charge >= 0.3 is 5.97 Å². The van der Waals surface area contributed by atoms with Gasteiger partial charge in [0.1, 0.15) is 16.9 Å². The molecule has 0 unspecified atom stereocenters. The summed E-state index contributed by atoms with van der Waals surface area (Å²) in [4.78, 5) is 25.3. The molecule has 0 fully saturated rings. The Morgan fingerprint density at radius 3 is 2.52 bits per heavy atom. The van der Waals surface area contributed by atoms with E-state index in [1.165, 1.54) is 11.1 Å². The molecule has 1 aromatic carbocycles. The van der Waals surface area contributed by atoms with Gasteiger partial charge in [0.15, 0.2) is 5.78 Å². The summed E-state index contributed by atoms with van der Waals surface area (Å²) in [6.07, 6.45) is 2.53. The predicted molar refractivity (Wildman–Crippen MR) is 95.8 cm³/mol. The van der Waals surface area contributed by atoms with Crippen molar-refractivity contribution in [2.24, 2.45) is 0 Å². The Morgan fingerprint density at radius 2 is 1.88 bits per heavy atom. The van der Waals surface area contributed by atoms with Gasteiger partial charge in [0.2, 0.25) is 0 Å². The first-order valence-electron chi connectivity index (χ1n) is 8.84. The SMILES string of the molecule is COc1cccc2c1CCC1=C(C(=O)OC(C)(C)C)C(=O)CC[C@@]12C. The quantitative estimate of drug-likeness (QED) is 0.604. The summed E-state index contributed by atoms with van der Waals surface area (Å²) in [5.74, 6) is 0.311. The van der Waals surface area contributed by atoms with Gasteiger partial charge in [-0.15, -0.1) is 0 Å². The lowest BCUT2D eigenvalue weighted by Crippen LogP contribution is -2.40. The monoisotopic (exact) mass is 342 g/mol. The molecule has 2 aliphatic rings. The second-order valence-corrected chi connectivity index (χ2v) is 8.10. The molecule has 0 heterocycles. The maximum Gasteiger partial charge on any atom is 0.342 e. The molecule has 1 atom stereocenters. The van der Waals surface area contributed by atoms with Crippen molar-refractivity contribution in [3.8, 4) is 5.75 Å². The van der Waals surface area contributed by atoms with E-state index in [0.717, 1.165) is 17.7 Å². The zero-order valence-electron chi connectivity index (χ0n) is 15.7. The number of allylic oxidation sites excluding steroid dienone is 1. The topological polar surface area (TPSA) is 52.6 Å². The van der Waals surface area contributed by atoms with E-state index in [2.05, 4.69) is 13.0 Å². The van der Waals surface area contributed by atoms with E-state index in [0.29, 0.717) is 19.3 Å². The zero-order chi connectivity index (χ0) is 18.4. The van der Waals surface area contributed by atoms with Crippen LogP contribution in [0.4, 0.5) is 0 Å². The maximum absolute atomic E-state index is 12.7. The first kappa shape index (κ1) is 17.7. The molecule has 2 aliphatic carbocycles. The van der Waals surface area contributed by atoms with Gasteiger partial charge in [-0.2, -0.15) is 0 Å². The Bertz CT molecular complexity index is 767. The number of hydrogen-bond donors (Lipinski definition) is 0. The fourth-order valence-electron chi connectivity index (χ4n) is 4.13. The van der Waals surface area contributed by atoms with Gasteiger partial charge in [0, 0.05) is 11.8 Å². The number of benzene rings is 1. The lowest BCUT2D eigenvalue weighted by molar-refractivity contribution is -0.151. The highest BCUT2D eigenvalue weighted by Gasteiger charge is 2.45. The highest BCUT2D eigenvalue weighted by atomic mass is 16.6. The number of fused-ring (bicyclic) bond motifs is 3. The van der Waals surface area contributed by atoms with Gasteiger partial charge in [-0.05, 0) is 62.8 Å². The van der Waals surface area contributed by atoms with E-state index in [1.54, 1.807) is 7.11 Å². The van der Waals surface area contributed by atoms with Crippen LogP contribution in [0.2, 0.25) is 0 Å². The smallest absolute Gasteiger partial charge is 0.342 e. The molecule has 4 nitrogen and oxygen atoms in total. The summed E-state index contributed by atoms with van der Waals surface area (Å²) in [6.45, 7) is 7.60. The Labute approximate surface area is 149 Å². The molecule has 0 N–H and O–H groups in total. The van der Waals surface area contributed by atoms with Crippen molar-refractivity contribution in [3.05, 3.63) is 40.5 Å². The van der Waals surface area contributed by atoms with Crippen molar-refractivity contribution in [1.82, 2.24) is 0 Å². The minimum Gasteiger partial charge on any atom is -0.496 e. The van der Waals surface area contributed by atoms with E-state index in [9.17, 15) is 9.59 Å². The van der Waals surface area contributed by atoms with Crippen LogP contribution in [0.5, 0.6) is 5.75 Å². The molecule has 3 rings (SSSR count). The molecule has 0 bridgehead atoms. The molecule has 0 radical (unpaired) electrons. The first-order chi connectivity index (χ1) is 11.7. The fraction of sp³-hybridized carbons (Fsp3) is 0.524. The van der Waals surface area contributed by atoms with Gasteiger partial charge in [-0.25, -0.2) is 4.79 Å². The summed E-state index contributed by atoms with van der Waals surface area (Å²) in [5.41, 5.74) is 2.63. The third-order valence-corrected chi connectivity index (χ3v) is 5.27. The number of esters is 1. The molecule has 0 aliphatic heterocycles. The first-order valence-corrected chi connectivity index (χ1v) is 8.84. The number of hydrogen-bond acceptors (Lipinski definition) is 4. The lowest BCUT2D eigenvalue weighted by atomic mass is 9.61. The highest BCUT2D eigenvalue weighted by molar-refractivity contribution is 6.19. The van der Waals surface area contributed by atoms with Crippen LogP contribution in [-0.2, 0) is 26.2 Å². The second kappa shape index (κ2) is 6.01. The number of Topliss-reactive ketones (excluding diaryl/α,β-unsaturated/α-hetero) is 1.